The number of aromatic hydroxyl groups is 1. The first-order valence-electron chi connectivity index (χ1n) is 15.3. The average molecular weight is 545 g/mol. The first-order chi connectivity index (χ1) is 20.0. The molecular formula is C36H36N2O3. The van der Waals surface area contributed by atoms with Gasteiger partial charge in [-0.05, 0) is 73.4 Å². The molecule has 1 unspecified atom stereocenters. The van der Waals surface area contributed by atoms with Gasteiger partial charge in [-0.3, -0.25) is 4.90 Å². The van der Waals surface area contributed by atoms with Crippen LogP contribution in [0.1, 0.15) is 58.9 Å². The highest BCUT2D eigenvalue weighted by Crippen LogP contribution is 2.69. The van der Waals surface area contributed by atoms with E-state index in [1.807, 2.05) is 0 Å². The topological polar surface area (TPSA) is 57.9 Å². The van der Waals surface area contributed by atoms with Crippen molar-refractivity contribution in [3.05, 3.63) is 106 Å². The zero-order chi connectivity index (χ0) is 27.5. The Morgan fingerprint density at radius 3 is 2.59 bits per heavy atom. The fraction of sp³-hybridized carbons (Fsp3) is 0.389. The number of hydrogen-bond acceptors (Lipinski definition) is 4. The molecule has 2 fully saturated rings. The van der Waals surface area contributed by atoms with Crippen LogP contribution in [0.4, 0.5) is 0 Å². The predicted molar refractivity (Wildman–Crippen MR) is 158 cm³/mol. The van der Waals surface area contributed by atoms with E-state index < -0.39 is 11.0 Å². The minimum atomic E-state index is -0.984. The van der Waals surface area contributed by atoms with Crippen molar-refractivity contribution < 1.29 is 14.9 Å². The normalized spacial score (nSPS) is 29.1. The summed E-state index contributed by atoms with van der Waals surface area (Å²) in [5, 5.41) is 24.4. The molecular weight excluding hydrogens is 508 g/mol. The van der Waals surface area contributed by atoms with Crippen LogP contribution in [0.2, 0.25) is 0 Å². The third-order valence-corrected chi connectivity index (χ3v) is 11.0. The molecule has 3 aromatic carbocycles. The van der Waals surface area contributed by atoms with E-state index in [2.05, 4.69) is 83.3 Å². The summed E-state index contributed by atoms with van der Waals surface area (Å²) in [6, 6.07) is 23.3. The average Bonchev–Trinajstić information content (AvgIpc) is 3.62. The lowest BCUT2D eigenvalue weighted by atomic mass is 9.49. The lowest BCUT2D eigenvalue weighted by Crippen LogP contribution is -2.74. The molecule has 4 aromatic rings. The quantitative estimate of drug-likeness (QED) is 0.328. The Morgan fingerprint density at radius 1 is 1.00 bits per heavy atom. The van der Waals surface area contributed by atoms with Crippen molar-refractivity contribution in [2.24, 2.45) is 5.92 Å². The molecule has 5 aliphatic rings. The monoisotopic (exact) mass is 544 g/mol. The van der Waals surface area contributed by atoms with Crippen LogP contribution < -0.4 is 4.74 Å². The minimum absolute atomic E-state index is 0.0300. The fourth-order valence-corrected chi connectivity index (χ4v) is 8.92. The van der Waals surface area contributed by atoms with Crippen LogP contribution >= 0.6 is 0 Å². The van der Waals surface area contributed by atoms with Crippen molar-refractivity contribution in [1.82, 2.24) is 9.47 Å². The van der Waals surface area contributed by atoms with Crippen LogP contribution in [0.15, 0.2) is 72.9 Å². The standard InChI is InChI=1S/C36H36N2O3/c1-22-7-11-25(12-8-22)28-21-38(20-23-5-3-2-4-6-23)32-27(28)18-36(40)30-17-26-13-14-29(39)33-31(26)35(36,34(32)41-33)15-16-37(30)19-24-9-10-24/h2-8,11-14,21,24,30,34,39-40H,9-10,15-20H2,1H3/t30?,34-,35-,36+/m0/s1. The highest BCUT2D eigenvalue weighted by molar-refractivity contribution is 5.73. The zero-order valence-corrected chi connectivity index (χ0v) is 23.5. The molecule has 1 saturated heterocycles. The molecule has 2 N–H and O–H groups in total. The number of nitrogens with zero attached hydrogens (tertiary/aromatic N) is 2. The molecule has 1 spiro atoms. The molecule has 4 atom stereocenters. The minimum Gasteiger partial charge on any atom is -0.504 e. The van der Waals surface area contributed by atoms with Crippen molar-refractivity contribution in [2.75, 3.05) is 13.1 Å². The van der Waals surface area contributed by atoms with Gasteiger partial charge in [-0.25, -0.2) is 0 Å². The highest BCUT2D eigenvalue weighted by Gasteiger charge is 2.73. The second kappa shape index (κ2) is 8.27. The summed E-state index contributed by atoms with van der Waals surface area (Å²) in [6.45, 7) is 4.88. The first kappa shape index (κ1) is 24.1. The Hall–Kier alpha value is -3.54. The summed E-state index contributed by atoms with van der Waals surface area (Å²) >= 11 is 0. The molecule has 208 valence electrons. The number of hydrogen-bond donors (Lipinski definition) is 2. The van der Waals surface area contributed by atoms with Crippen molar-refractivity contribution in [1.29, 1.82) is 0 Å². The fourth-order valence-electron chi connectivity index (χ4n) is 8.92. The van der Waals surface area contributed by atoms with Gasteiger partial charge in [-0.15, -0.1) is 0 Å². The van der Waals surface area contributed by atoms with Crippen molar-refractivity contribution >= 4 is 0 Å². The van der Waals surface area contributed by atoms with Gasteiger partial charge in [0.1, 0.15) is 0 Å². The SMILES string of the molecule is Cc1ccc(-c2cn(Cc3ccccc3)c3c2C[C@@]2(O)C4Cc5ccc(O)c6c5[C@@]2(CCN4CC2CC2)[C@H]3O6)cc1. The Kier molecular flexibility index (Phi) is 4.86. The van der Waals surface area contributed by atoms with Crippen molar-refractivity contribution in [3.63, 3.8) is 0 Å². The maximum atomic E-state index is 13.3. The molecule has 2 bridgehead atoms. The molecule has 41 heavy (non-hydrogen) atoms. The number of fused-ring (bicyclic) bond motifs is 2. The van der Waals surface area contributed by atoms with E-state index in [0.29, 0.717) is 12.2 Å². The highest BCUT2D eigenvalue weighted by atomic mass is 16.5. The summed E-state index contributed by atoms with van der Waals surface area (Å²) in [5.74, 6) is 1.54. The van der Waals surface area contributed by atoms with E-state index in [4.69, 9.17) is 4.74 Å². The molecule has 5 heteroatoms. The van der Waals surface area contributed by atoms with Gasteiger partial charge < -0.3 is 19.5 Å². The van der Waals surface area contributed by atoms with Gasteiger partial charge >= 0.3 is 0 Å². The van der Waals surface area contributed by atoms with Gasteiger partial charge in [-0.1, -0.05) is 66.2 Å². The van der Waals surface area contributed by atoms with Crippen LogP contribution in [-0.4, -0.2) is 44.4 Å². The van der Waals surface area contributed by atoms with Gasteiger partial charge in [0, 0.05) is 42.9 Å². The van der Waals surface area contributed by atoms with E-state index >= 15 is 0 Å². The summed E-state index contributed by atoms with van der Waals surface area (Å²) in [6.07, 6.45) is 6.76. The summed E-state index contributed by atoms with van der Waals surface area (Å²) in [5.41, 5.74) is 7.92. The van der Waals surface area contributed by atoms with E-state index in [1.165, 1.54) is 46.2 Å². The second-order valence-electron chi connectivity index (χ2n) is 13.3. The molecule has 2 aliphatic heterocycles. The summed E-state index contributed by atoms with van der Waals surface area (Å²) < 4.78 is 9.30. The first-order valence-corrected chi connectivity index (χ1v) is 15.3. The summed E-state index contributed by atoms with van der Waals surface area (Å²) in [7, 11) is 0. The number of aryl methyl sites for hydroxylation is 1. The molecule has 0 amide bonds. The molecule has 9 rings (SSSR count). The summed E-state index contributed by atoms with van der Waals surface area (Å²) in [4.78, 5) is 2.60. The maximum absolute atomic E-state index is 13.3. The van der Waals surface area contributed by atoms with Crippen LogP contribution in [0, 0.1) is 12.8 Å². The predicted octanol–water partition coefficient (Wildman–Crippen LogP) is 5.92. The second-order valence-corrected chi connectivity index (χ2v) is 13.3. The Labute approximate surface area is 241 Å². The van der Waals surface area contributed by atoms with Gasteiger partial charge in [0.05, 0.1) is 16.7 Å². The number of likely N-dealkylation sites (tertiary alicyclic amines) is 1. The molecule has 1 saturated carbocycles. The third-order valence-electron chi connectivity index (χ3n) is 11.0. The van der Waals surface area contributed by atoms with Crippen LogP contribution in [0.3, 0.4) is 0 Å². The van der Waals surface area contributed by atoms with E-state index in [1.54, 1.807) is 6.07 Å². The van der Waals surface area contributed by atoms with Gasteiger partial charge in [0.25, 0.3) is 0 Å². The van der Waals surface area contributed by atoms with Crippen LogP contribution in [-0.2, 0) is 24.8 Å². The van der Waals surface area contributed by atoms with Crippen molar-refractivity contribution in [2.45, 2.75) is 68.7 Å². The number of piperidine rings is 1. The molecule has 0 radical (unpaired) electrons. The number of rotatable bonds is 5. The number of phenolic OH excluding ortho intramolecular Hbond substituents is 1. The number of phenols is 1. The van der Waals surface area contributed by atoms with Gasteiger partial charge in [-0.2, -0.15) is 0 Å². The van der Waals surface area contributed by atoms with E-state index in [9.17, 15) is 10.2 Å². The number of benzene rings is 3. The van der Waals surface area contributed by atoms with E-state index in [0.717, 1.165) is 49.7 Å². The zero-order valence-electron chi connectivity index (χ0n) is 23.5. The lowest BCUT2D eigenvalue weighted by molar-refractivity contribution is -0.173. The van der Waals surface area contributed by atoms with E-state index in [-0.39, 0.29) is 17.9 Å². The lowest BCUT2D eigenvalue weighted by Gasteiger charge is -2.63. The van der Waals surface area contributed by atoms with Crippen molar-refractivity contribution in [3.8, 4) is 22.6 Å². The third kappa shape index (κ3) is 3.19. The van der Waals surface area contributed by atoms with Gasteiger partial charge in [0.15, 0.2) is 17.6 Å². The van der Waals surface area contributed by atoms with Crippen LogP contribution in [0.5, 0.6) is 11.5 Å². The molecule has 1 aromatic heterocycles. The largest absolute Gasteiger partial charge is 0.504 e. The number of aromatic nitrogens is 1. The Bertz CT molecular complexity index is 1690. The molecule has 3 heterocycles. The molecule has 5 nitrogen and oxygen atoms in total. The molecule has 3 aliphatic carbocycles. The van der Waals surface area contributed by atoms with Crippen LogP contribution in [0.25, 0.3) is 11.1 Å². The maximum Gasteiger partial charge on any atom is 0.166 e. The number of ether oxygens (including phenoxy) is 1. The Morgan fingerprint density at radius 2 is 1.80 bits per heavy atom. The van der Waals surface area contributed by atoms with Gasteiger partial charge in [0.2, 0.25) is 0 Å². The Balaban J connectivity index is 1.29. The smallest absolute Gasteiger partial charge is 0.166 e. The number of aliphatic hydroxyl groups is 1.